The molecule has 0 aliphatic carbocycles. The van der Waals surface area contributed by atoms with Gasteiger partial charge in [0.2, 0.25) is 0 Å². The summed E-state index contributed by atoms with van der Waals surface area (Å²) in [7, 11) is 0. The van der Waals surface area contributed by atoms with Crippen LogP contribution in [0.15, 0.2) is 66.7 Å². The van der Waals surface area contributed by atoms with Gasteiger partial charge in [-0.1, -0.05) is 42.5 Å². The second-order valence-electron chi connectivity index (χ2n) is 6.80. The Morgan fingerprint density at radius 3 is 2.37 bits per heavy atom. The fourth-order valence-electron chi connectivity index (χ4n) is 2.83. The van der Waals surface area contributed by atoms with Crippen LogP contribution in [0.4, 0.5) is 0 Å². The van der Waals surface area contributed by atoms with Crippen LogP contribution in [0.1, 0.15) is 26.3 Å². The quantitative estimate of drug-likeness (QED) is 0.661. The summed E-state index contributed by atoms with van der Waals surface area (Å²) in [6.07, 6.45) is -0.466. The number of nitrogens with one attached hydrogen (secondary N) is 1. The number of ether oxygens (including phenoxy) is 2. The molecule has 0 radical (unpaired) electrons. The number of carbonyl (C=O) groups excluding carboxylic acids is 1. The van der Waals surface area contributed by atoms with Crippen LogP contribution in [-0.4, -0.2) is 18.1 Å². The Hall–Kier alpha value is -3.01. The normalized spacial score (nSPS) is 12.0. The van der Waals surface area contributed by atoms with E-state index < -0.39 is 6.10 Å². The summed E-state index contributed by atoms with van der Waals surface area (Å²) in [5.41, 5.74) is 0.986. The molecule has 1 amide bonds. The predicted molar refractivity (Wildman–Crippen MR) is 108 cm³/mol. The van der Waals surface area contributed by atoms with Crippen molar-refractivity contribution in [1.82, 2.24) is 5.32 Å². The number of rotatable bonds is 7. The molecule has 0 aliphatic rings. The van der Waals surface area contributed by atoms with E-state index in [1.807, 2.05) is 80.6 Å². The highest BCUT2D eigenvalue weighted by atomic mass is 16.5. The lowest BCUT2D eigenvalue weighted by molar-refractivity contribution is -0.127. The van der Waals surface area contributed by atoms with Gasteiger partial charge in [-0.3, -0.25) is 4.79 Å². The van der Waals surface area contributed by atoms with E-state index in [2.05, 4.69) is 5.32 Å². The number of fused-ring (bicyclic) bond motifs is 1. The van der Waals surface area contributed by atoms with E-state index >= 15 is 0 Å². The molecule has 0 fully saturated rings. The molecule has 0 aromatic heterocycles. The molecule has 140 valence electrons. The lowest BCUT2D eigenvalue weighted by Gasteiger charge is -2.16. The van der Waals surface area contributed by atoms with Crippen LogP contribution in [0, 0.1) is 0 Å². The van der Waals surface area contributed by atoms with Gasteiger partial charge in [0.15, 0.2) is 6.10 Å². The van der Waals surface area contributed by atoms with Crippen molar-refractivity contribution in [3.05, 3.63) is 72.3 Å². The molecule has 3 rings (SSSR count). The summed E-state index contributed by atoms with van der Waals surface area (Å²) in [4.78, 5) is 12.4. The fourth-order valence-corrected chi connectivity index (χ4v) is 2.83. The van der Waals surface area contributed by atoms with Crippen molar-refractivity contribution >= 4 is 16.7 Å². The topological polar surface area (TPSA) is 47.6 Å². The monoisotopic (exact) mass is 363 g/mol. The molecule has 4 nitrogen and oxygen atoms in total. The average molecular weight is 363 g/mol. The van der Waals surface area contributed by atoms with Gasteiger partial charge in [0, 0.05) is 6.54 Å². The lowest BCUT2D eigenvalue weighted by atomic mass is 10.1. The maximum Gasteiger partial charge on any atom is 0.261 e. The molecule has 0 saturated carbocycles. The van der Waals surface area contributed by atoms with Crippen molar-refractivity contribution in [1.29, 1.82) is 0 Å². The van der Waals surface area contributed by atoms with E-state index in [0.29, 0.717) is 12.3 Å². The first-order valence-electron chi connectivity index (χ1n) is 9.20. The van der Waals surface area contributed by atoms with Gasteiger partial charge in [0.1, 0.15) is 11.5 Å². The zero-order chi connectivity index (χ0) is 19.2. The van der Waals surface area contributed by atoms with Crippen molar-refractivity contribution in [2.75, 3.05) is 0 Å². The van der Waals surface area contributed by atoms with Crippen molar-refractivity contribution in [3.8, 4) is 11.5 Å². The largest absolute Gasteiger partial charge is 0.491 e. The summed E-state index contributed by atoms with van der Waals surface area (Å²) in [5, 5.41) is 5.15. The van der Waals surface area contributed by atoms with Gasteiger partial charge in [-0.25, -0.2) is 0 Å². The molecule has 0 aliphatic heterocycles. The molecule has 3 aromatic rings. The van der Waals surface area contributed by atoms with Crippen LogP contribution in [0.3, 0.4) is 0 Å². The SMILES string of the molecule is CC(C)Oc1cccc(CNC(=O)[C@@H](C)Oc2ccc3ccccc3c2)c1. The van der Waals surface area contributed by atoms with Gasteiger partial charge in [-0.05, 0) is 61.4 Å². The minimum atomic E-state index is -0.582. The predicted octanol–water partition coefficient (Wildman–Crippen LogP) is 4.71. The average Bonchev–Trinajstić information content (AvgIpc) is 2.65. The Morgan fingerprint density at radius 2 is 1.59 bits per heavy atom. The van der Waals surface area contributed by atoms with E-state index in [1.165, 1.54) is 0 Å². The third-order valence-electron chi connectivity index (χ3n) is 4.14. The number of hydrogen-bond acceptors (Lipinski definition) is 3. The van der Waals surface area contributed by atoms with Crippen LogP contribution in [-0.2, 0) is 11.3 Å². The first-order chi connectivity index (χ1) is 13.0. The molecule has 0 unspecified atom stereocenters. The number of hydrogen-bond donors (Lipinski definition) is 1. The Bertz CT molecular complexity index is 920. The Morgan fingerprint density at radius 1 is 0.852 bits per heavy atom. The summed E-state index contributed by atoms with van der Waals surface area (Å²) >= 11 is 0. The van der Waals surface area contributed by atoms with Gasteiger partial charge in [-0.2, -0.15) is 0 Å². The van der Waals surface area contributed by atoms with Crippen LogP contribution in [0.2, 0.25) is 0 Å². The van der Waals surface area contributed by atoms with Crippen molar-refractivity contribution < 1.29 is 14.3 Å². The standard InChI is InChI=1S/C23H25NO3/c1-16(2)26-21-10-6-7-18(13-21)15-24-23(25)17(3)27-22-12-11-19-8-4-5-9-20(19)14-22/h4-14,16-17H,15H2,1-3H3,(H,24,25)/t17-/m1/s1. The van der Waals surface area contributed by atoms with Gasteiger partial charge in [0.05, 0.1) is 6.10 Å². The number of carbonyl (C=O) groups is 1. The van der Waals surface area contributed by atoms with E-state index in [9.17, 15) is 4.79 Å². The van der Waals surface area contributed by atoms with Crippen molar-refractivity contribution in [3.63, 3.8) is 0 Å². The Kier molecular flexibility index (Phi) is 5.97. The van der Waals surface area contributed by atoms with Crippen molar-refractivity contribution in [2.45, 2.75) is 39.5 Å². The molecule has 27 heavy (non-hydrogen) atoms. The maximum atomic E-state index is 12.4. The third kappa shape index (κ3) is 5.23. The molecular weight excluding hydrogens is 338 g/mol. The highest BCUT2D eigenvalue weighted by Crippen LogP contribution is 2.21. The molecule has 0 spiro atoms. The zero-order valence-corrected chi connectivity index (χ0v) is 15.9. The van der Waals surface area contributed by atoms with E-state index in [1.54, 1.807) is 6.92 Å². The molecule has 0 heterocycles. The van der Waals surface area contributed by atoms with Crippen LogP contribution < -0.4 is 14.8 Å². The van der Waals surface area contributed by atoms with E-state index in [0.717, 1.165) is 22.1 Å². The second kappa shape index (κ2) is 8.58. The minimum Gasteiger partial charge on any atom is -0.491 e. The van der Waals surface area contributed by atoms with Crippen LogP contribution in [0.25, 0.3) is 10.8 Å². The smallest absolute Gasteiger partial charge is 0.261 e. The number of benzene rings is 3. The molecule has 0 bridgehead atoms. The highest BCUT2D eigenvalue weighted by molar-refractivity contribution is 5.84. The summed E-state index contributed by atoms with van der Waals surface area (Å²) in [5.74, 6) is 1.33. The van der Waals surface area contributed by atoms with Crippen molar-refractivity contribution in [2.24, 2.45) is 0 Å². The van der Waals surface area contributed by atoms with Gasteiger partial charge >= 0.3 is 0 Å². The minimum absolute atomic E-state index is 0.116. The molecule has 3 aromatic carbocycles. The first-order valence-corrected chi connectivity index (χ1v) is 9.20. The Labute approximate surface area is 160 Å². The summed E-state index contributed by atoms with van der Waals surface area (Å²) < 4.78 is 11.5. The number of amides is 1. The molecule has 4 heteroatoms. The van der Waals surface area contributed by atoms with E-state index in [4.69, 9.17) is 9.47 Å². The van der Waals surface area contributed by atoms with Crippen LogP contribution in [0.5, 0.6) is 11.5 Å². The second-order valence-corrected chi connectivity index (χ2v) is 6.80. The van der Waals surface area contributed by atoms with E-state index in [-0.39, 0.29) is 12.0 Å². The fraction of sp³-hybridized carbons (Fsp3) is 0.261. The summed E-state index contributed by atoms with van der Waals surface area (Å²) in [6, 6.07) is 21.6. The zero-order valence-electron chi connectivity index (χ0n) is 15.9. The highest BCUT2D eigenvalue weighted by Gasteiger charge is 2.14. The molecule has 1 atom stereocenters. The third-order valence-corrected chi connectivity index (χ3v) is 4.14. The Balaban J connectivity index is 1.57. The summed E-state index contributed by atoms with van der Waals surface area (Å²) in [6.45, 7) is 6.16. The lowest BCUT2D eigenvalue weighted by Crippen LogP contribution is -2.35. The molecular formula is C23H25NO3. The van der Waals surface area contributed by atoms with Gasteiger partial charge in [-0.15, -0.1) is 0 Å². The molecule has 0 saturated heterocycles. The van der Waals surface area contributed by atoms with Gasteiger partial charge < -0.3 is 14.8 Å². The van der Waals surface area contributed by atoms with Crippen LogP contribution >= 0.6 is 0 Å². The van der Waals surface area contributed by atoms with Gasteiger partial charge in [0.25, 0.3) is 5.91 Å². The molecule has 1 N–H and O–H groups in total. The maximum absolute atomic E-state index is 12.4. The first kappa shape index (κ1) is 18.8.